The summed E-state index contributed by atoms with van der Waals surface area (Å²) in [4.78, 5) is 17.6. The monoisotopic (exact) mass is 211 g/mol. The Morgan fingerprint density at radius 2 is 2.29 bits per heavy atom. The van der Waals surface area contributed by atoms with Gasteiger partial charge in [-0.2, -0.15) is 11.8 Å². The Balaban J connectivity index is 2.03. The van der Waals surface area contributed by atoms with Gasteiger partial charge in [-0.05, 0) is 12.2 Å². The second-order valence-electron chi connectivity index (χ2n) is 3.21. The summed E-state index contributed by atoms with van der Waals surface area (Å²) in [6.07, 6.45) is 5.97. The van der Waals surface area contributed by atoms with Crippen molar-refractivity contribution < 1.29 is 4.79 Å². The third-order valence-electron chi connectivity index (χ3n) is 2.22. The first-order chi connectivity index (χ1) is 6.88. The molecule has 1 aliphatic heterocycles. The van der Waals surface area contributed by atoms with E-state index in [4.69, 9.17) is 0 Å². The third kappa shape index (κ3) is 2.09. The van der Waals surface area contributed by atoms with Crippen LogP contribution in [0, 0.1) is 0 Å². The lowest BCUT2D eigenvalue weighted by Crippen LogP contribution is -2.35. The summed E-state index contributed by atoms with van der Waals surface area (Å²) in [5.41, 5.74) is 0. The molecule has 1 saturated heterocycles. The average molecular weight is 211 g/mol. The van der Waals surface area contributed by atoms with Gasteiger partial charge in [-0.1, -0.05) is 0 Å². The zero-order valence-corrected chi connectivity index (χ0v) is 8.74. The van der Waals surface area contributed by atoms with Gasteiger partial charge in [-0.25, -0.2) is 9.78 Å². The number of hydrogen-bond acceptors (Lipinski definition) is 3. The molecule has 1 aromatic heterocycles. The van der Waals surface area contributed by atoms with E-state index < -0.39 is 0 Å². The number of aromatic nitrogens is 2. The predicted octanol–water partition coefficient (Wildman–Crippen LogP) is 1.29. The summed E-state index contributed by atoms with van der Waals surface area (Å²) in [7, 11) is 0. The maximum absolute atomic E-state index is 11.9. The molecular weight excluding hydrogens is 198 g/mol. The second-order valence-corrected chi connectivity index (χ2v) is 4.43. The molecule has 0 aromatic carbocycles. The van der Waals surface area contributed by atoms with Crippen molar-refractivity contribution in [2.75, 3.05) is 24.6 Å². The first-order valence-electron chi connectivity index (χ1n) is 4.73. The minimum Gasteiger partial charge on any atom is -0.323 e. The molecule has 0 atom stereocenters. The molecule has 14 heavy (non-hydrogen) atoms. The normalized spacial score (nSPS) is 17.9. The molecule has 5 heteroatoms. The number of nitrogens with zero attached hydrogens (tertiary/aromatic N) is 3. The Morgan fingerprint density at radius 1 is 1.36 bits per heavy atom. The van der Waals surface area contributed by atoms with Gasteiger partial charge in [0.05, 0.1) is 0 Å². The highest BCUT2D eigenvalue weighted by Crippen LogP contribution is 2.10. The van der Waals surface area contributed by atoms with E-state index in [9.17, 15) is 4.79 Å². The van der Waals surface area contributed by atoms with Gasteiger partial charge in [0.15, 0.2) is 0 Å². The fourth-order valence-electron chi connectivity index (χ4n) is 1.47. The van der Waals surface area contributed by atoms with Gasteiger partial charge in [0, 0.05) is 31.2 Å². The molecule has 1 fully saturated rings. The minimum absolute atomic E-state index is 0.0463. The van der Waals surface area contributed by atoms with E-state index in [1.807, 2.05) is 16.7 Å². The van der Waals surface area contributed by atoms with Crippen molar-refractivity contribution in [1.82, 2.24) is 14.5 Å². The molecule has 0 bridgehead atoms. The van der Waals surface area contributed by atoms with E-state index in [2.05, 4.69) is 4.98 Å². The zero-order chi connectivity index (χ0) is 9.80. The summed E-state index contributed by atoms with van der Waals surface area (Å²) in [5.74, 6) is 2.20. The molecule has 0 radical (unpaired) electrons. The van der Waals surface area contributed by atoms with E-state index in [0.717, 1.165) is 31.0 Å². The Labute approximate surface area is 87.3 Å². The molecule has 2 heterocycles. The van der Waals surface area contributed by atoms with Gasteiger partial charge in [-0.3, -0.25) is 4.57 Å². The summed E-state index contributed by atoms with van der Waals surface area (Å²) in [6.45, 7) is 1.71. The maximum Gasteiger partial charge on any atom is 0.329 e. The van der Waals surface area contributed by atoms with Crippen LogP contribution in [0.15, 0.2) is 18.7 Å². The van der Waals surface area contributed by atoms with Crippen molar-refractivity contribution in [1.29, 1.82) is 0 Å². The number of imidazole rings is 1. The van der Waals surface area contributed by atoms with Crippen LogP contribution < -0.4 is 0 Å². The second kappa shape index (κ2) is 4.50. The largest absolute Gasteiger partial charge is 0.329 e. The van der Waals surface area contributed by atoms with Crippen molar-refractivity contribution in [2.45, 2.75) is 6.42 Å². The zero-order valence-electron chi connectivity index (χ0n) is 7.93. The van der Waals surface area contributed by atoms with Gasteiger partial charge in [0.25, 0.3) is 0 Å². The van der Waals surface area contributed by atoms with Crippen molar-refractivity contribution in [2.24, 2.45) is 0 Å². The number of thioether (sulfide) groups is 1. The SMILES string of the molecule is O=C(N1CCCSCC1)n1ccnc1. The van der Waals surface area contributed by atoms with E-state index in [1.165, 1.54) is 4.57 Å². The lowest BCUT2D eigenvalue weighted by Gasteiger charge is -2.19. The van der Waals surface area contributed by atoms with Crippen LogP contribution in [0.1, 0.15) is 6.42 Å². The molecule has 2 rings (SSSR count). The van der Waals surface area contributed by atoms with Crippen LogP contribution in [0.25, 0.3) is 0 Å². The minimum atomic E-state index is 0.0463. The Bertz CT molecular complexity index is 291. The average Bonchev–Trinajstić information content (AvgIpc) is 2.59. The first kappa shape index (κ1) is 9.58. The Morgan fingerprint density at radius 3 is 3.07 bits per heavy atom. The Hall–Kier alpha value is -0.970. The molecule has 0 unspecified atom stereocenters. The van der Waals surface area contributed by atoms with Gasteiger partial charge in [0.2, 0.25) is 0 Å². The van der Waals surface area contributed by atoms with Gasteiger partial charge in [-0.15, -0.1) is 0 Å². The van der Waals surface area contributed by atoms with E-state index >= 15 is 0 Å². The molecular formula is C9H13N3OS. The van der Waals surface area contributed by atoms with Crippen molar-refractivity contribution in [3.05, 3.63) is 18.7 Å². The molecule has 0 spiro atoms. The molecule has 1 aliphatic rings. The quantitative estimate of drug-likeness (QED) is 0.649. The first-order valence-corrected chi connectivity index (χ1v) is 5.88. The van der Waals surface area contributed by atoms with Gasteiger partial charge in [0.1, 0.15) is 6.33 Å². The highest BCUT2D eigenvalue weighted by atomic mass is 32.2. The standard InChI is InChI=1S/C9H13N3OS/c13-9(12-4-2-10-8-12)11-3-1-6-14-7-5-11/h2,4,8H,1,3,5-7H2. The number of carbonyl (C=O) groups is 1. The van der Waals surface area contributed by atoms with E-state index in [-0.39, 0.29) is 6.03 Å². The highest BCUT2D eigenvalue weighted by molar-refractivity contribution is 7.99. The summed E-state index contributed by atoms with van der Waals surface area (Å²) < 4.78 is 1.54. The van der Waals surface area contributed by atoms with E-state index in [0.29, 0.717) is 0 Å². The van der Waals surface area contributed by atoms with Crippen molar-refractivity contribution >= 4 is 17.8 Å². The van der Waals surface area contributed by atoms with Crippen LogP contribution in [0.3, 0.4) is 0 Å². The maximum atomic E-state index is 11.9. The Kier molecular flexibility index (Phi) is 3.08. The van der Waals surface area contributed by atoms with Crippen molar-refractivity contribution in [3.63, 3.8) is 0 Å². The molecule has 4 nitrogen and oxygen atoms in total. The number of hydrogen-bond donors (Lipinski definition) is 0. The fourth-order valence-corrected chi connectivity index (χ4v) is 2.36. The fraction of sp³-hybridized carbons (Fsp3) is 0.556. The third-order valence-corrected chi connectivity index (χ3v) is 3.27. The summed E-state index contributed by atoms with van der Waals surface area (Å²) in [5, 5.41) is 0. The molecule has 1 aromatic rings. The van der Waals surface area contributed by atoms with Crippen LogP contribution >= 0.6 is 11.8 Å². The number of rotatable bonds is 0. The summed E-state index contributed by atoms with van der Waals surface area (Å²) >= 11 is 1.92. The molecule has 0 aliphatic carbocycles. The smallest absolute Gasteiger partial charge is 0.323 e. The molecule has 76 valence electrons. The van der Waals surface area contributed by atoms with Crippen molar-refractivity contribution in [3.8, 4) is 0 Å². The van der Waals surface area contributed by atoms with Crippen LogP contribution in [0.5, 0.6) is 0 Å². The van der Waals surface area contributed by atoms with Gasteiger partial charge < -0.3 is 4.90 Å². The van der Waals surface area contributed by atoms with Gasteiger partial charge >= 0.3 is 6.03 Å². The van der Waals surface area contributed by atoms with Crippen LogP contribution in [0.2, 0.25) is 0 Å². The lowest BCUT2D eigenvalue weighted by atomic mass is 10.4. The molecule has 1 amide bonds. The van der Waals surface area contributed by atoms with E-state index in [1.54, 1.807) is 18.7 Å². The summed E-state index contributed by atoms with van der Waals surface area (Å²) in [6, 6.07) is 0.0463. The van der Waals surface area contributed by atoms with Crippen LogP contribution in [-0.2, 0) is 0 Å². The van der Waals surface area contributed by atoms with Crippen LogP contribution in [0.4, 0.5) is 4.79 Å². The lowest BCUT2D eigenvalue weighted by molar-refractivity contribution is 0.203. The molecule has 0 saturated carbocycles. The highest BCUT2D eigenvalue weighted by Gasteiger charge is 2.16. The number of amides is 1. The predicted molar refractivity (Wildman–Crippen MR) is 56.5 cm³/mol. The topological polar surface area (TPSA) is 38.1 Å². The van der Waals surface area contributed by atoms with Crippen LogP contribution in [-0.4, -0.2) is 45.1 Å². The number of carbonyl (C=O) groups excluding carboxylic acids is 1. The molecule has 0 N–H and O–H groups in total.